The van der Waals surface area contributed by atoms with Crippen molar-refractivity contribution in [1.82, 2.24) is 19.4 Å². The highest BCUT2D eigenvalue weighted by Gasteiger charge is 2.29. The maximum Gasteiger partial charge on any atom is 0.225 e. The summed E-state index contributed by atoms with van der Waals surface area (Å²) in [7, 11) is 1.77. The van der Waals surface area contributed by atoms with Gasteiger partial charge in [-0.2, -0.15) is 0 Å². The average Bonchev–Trinajstić information content (AvgIpc) is 3.13. The lowest BCUT2D eigenvalue weighted by molar-refractivity contribution is -0.116. The molecule has 0 spiro atoms. The van der Waals surface area contributed by atoms with E-state index in [2.05, 4.69) is 19.4 Å². The summed E-state index contributed by atoms with van der Waals surface area (Å²) < 4.78 is 2.38. The molecule has 2 aliphatic rings. The van der Waals surface area contributed by atoms with E-state index in [1.807, 2.05) is 11.7 Å². The van der Waals surface area contributed by atoms with Gasteiger partial charge in [0.15, 0.2) is 5.13 Å². The van der Waals surface area contributed by atoms with Gasteiger partial charge >= 0.3 is 0 Å². The first-order valence-corrected chi connectivity index (χ1v) is 8.95. The Balaban J connectivity index is 1.43. The summed E-state index contributed by atoms with van der Waals surface area (Å²) in [5.74, 6) is 0.0131. The molecule has 1 amide bonds. The summed E-state index contributed by atoms with van der Waals surface area (Å²) in [4.78, 5) is 24.6. The Morgan fingerprint density at radius 1 is 1.48 bits per heavy atom. The van der Waals surface area contributed by atoms with E-state index in [1.165, 1.54) is 35.6 Å². The molecule has 0 N–H and O–H groups in total. The van der Waals surface area contributed by atoms with Gasteiger partial charge in [0.05, 0.1) is 17.7 Å². The van der Waals surface area contributed by atoms with Gasteiger partial charge in [-0.3, -0.25) is 14.6 Å². The van der Waals surface area contributed by atoms with Gasteiger partial charge in [0.25, 0.3) is 0 Å². The fourth-order valence-corrected chi connectivity index (χ4v) is 3.90. The van der Waals surface area contributed by atoms with Crippen molar-refractivity contribution in [3.63, 3.8) is 0 Å². The van der Waals surface area contributed by atoms with Gasteiger partial charge < -0.3 is 4.57 Å². The number of thiazole rings is 1. The van der Waals surface area contributed by atoms with Gasteiger partial charge in [-0.1, -0.05) is 0 Å². The number of hydrogen-bond acceptors (Lipinski definition) is 5. The molecule has 1 aliphatic heterocycles. The first kappa shape index (κ1) is 14.8. The molecule has 6 nitrogen and oxygen atoms in total. The standard InChI is InChI=1S/C16H21N5OS/c1-11(22)19(2)16-18-12(9-23-16)7-20-6-5-15-14(8-20)17-10-21(15)13-3-4-13/h9-10,13H,3-8H2,1-2H3. The Bertz CT molecular complexity index is 733. The van der Waals surface area contributed by atoms with Crippen molar-refractivity contribution in [2.24, 2.45) is 0 Å². The first-order chi connectivity index (χ1) is 11.1. The highest BCUT2D eigenvalue weighted by atomic mass is 32.1. The van der Waals surface area contributed by atoms with E-state index in [1.54, 1.807) is 18.9 Å². The summed E-state index contributed by atoms with van der Waals surface area (Å²) >= 11 is 1.52. The molecule has 4 rings (SSSR count). The SMILES string of the molecule is CC(=O)N(C)c1nc(CN2CCc3c(ncn3C3CC3)C2)cs1. The third kappa shape index (κ3) is 2.90. The van der Waals surface area contributed by atoms with Crippen LogP contribution in [-0.4, -0.2) is 38.9 Å². The van der Waals surface area contributed by atoms with Crippen LogP contribution in [0.15, 0.2) is 11.7 Å². The van der Waals surface area contributed by atoms with E-state index in [0.29, 0.717) is 6.04 Å². The lowest BCUT2D eigenvalue weighted by atomic mass is 10.1. The monoisotopic (exact) mass is 331 g/mol. The lowest BCUT2D eigenvalue weighted by Crippen LogP contribution is -2.31. The number of hydrogen-bond donors (Lipinski definition) is 0. The third-order valence-electron chi connectivity index (χ3n) is 4.65. The van der Waals surface area contributed by atoms with Crippen LogP contribution in [0.2, 0.25) is 0 Å². The summed E-state index contributed by atoms with van der Waals surface area (Å²) in [6, 6.07) is 0.709. The maximum atomic E-state index is 11.4. The number of anilines is 1. The van der Waals surface area contributed by atoms with Crippen molar-refractivity contribution in [3.05, 3.63) is 28.8 Å². The van der Waals surface area contributed by atoms with Crippen LogP contribution >= 0.6 is 11.3 Å². The van der Waals surface area contributed by atoms with Crippen LogP contribution in [0.3, 0.4) is 0 Å². The minimum atomic E-state index is 0.0131. The van der Waals surface area contributed by atoms with E-state index >= 15 is 0 Å². The fourth-order valence-electron chi connectivity index (χ4n) is 3.07. The van der Waals surface area contributed by atoms with Crippen LogP contribution in [0.1, 0.15) is 42.9 Å². The molecule has 122 valence electrons. The maximum absolute atomic E-state index is 11.4. The minimum Gasteiger partial charge on any atom is -0.331 e. The van der Waals surface area contributed by atoms with E-state index in [4.69, 9.17) is 0 Å². The summed E-state index contributed by atoms with van der Waals surface area (Å²) in [6.45, 7) is 4.31. The number of carbonyl (C=O) groups excluding carboxylic acids is 1. The zero-order valence-electron chi connectivity index (χ0n) is 13.5. The minimum absolute atomic E-state index is 0.0131. The molecule has 7 heteroatoms. The van der Waals surface area contributed by atoms with Gasteiger partial charge in [-0.25, -0.2) is 9.97 Å². The lowest BCUT2D eigenvalue weighted by Gasteiger charge is -2.26. The van der Waals surface area contributed by atoms with Crippen LogP contribution in [0.4, 0.5) is 5.13 Å². The smallest absolute Gasteiger partial charge is 0.225 e. The second-order valence-electron chi connectivity index (χ2n) is 6.44. The highest BCUT2D eigenvalue weighted by Crippen LogP contribution is 2.37. The van der Waals surface area contributed by atoms with E-state index < -0.39 is 0 Å². The van der Waals surface area contributed by atoms with Gasteiger partial charge in [0.2, 0.25) is 5.91 Å². The predicted octanol–water partition coefficient (Wildman–Crippen LogP) is 2.22. The van der Waals surface area contributed by atoms with Gasteiger partial charge in [-0.05, 0) is 12.8 Å². The zero-order chi connectivity index (χ0) is 16.0. The van der Waals surface area contributed by atoms with Crippen LogP contribution in [0.25, 0.3) is 0 Å². The first-order valence-electron chi connectivity index (χ1n) is 8.07. The molecule has 1 saturated carbocycles. The molecule has 0 aromatic carbocycles. The zero-order valence-corrected chi connectivity index (χ0v) is 14.3. The predicted molar refractivity (Wildman–Crippen MR) is 89.5 cm³/mol. The normalized spacial score (nSPS) is 18.0. The van der Waals surface area contributed by atoms with Crippen LogP contribution in [0, 0.1) is 0 Å². The average molecular weight is 331 g/mol. The Labute approximate surface area is 139 Å². The molecule has 2 aromatic rings. The summed E-state index contributed by atoms with van der Waals surface area (Å²) in [6.07, 6.45) is 5.69. The molecule has 1 aliphatic carbocycles. The fraction of sp³-hybridized carbons (Fsp3) is 0.562. The number of nitrogens with zero attached hydrogens (tertiary/aromatic N) is 5. The Morgan fingerprint density at radius 2 is 2.30 bits per heavy atom. The van der Waals surface area contributed by atoms with Crippen molar-refractivity contribution in [1.29, 1.82) is 0 Å². The molecule has 23 heavy (non-hydrogen) atoms. The van der Waals surface area contributed by atoms with E-state index in [-0.39, 0.29) is 5.91 Å². The Morgan fingerprint density at radius 3 is 3.04 bits per heavy atom. The largest absolute Gasteiger partial charge is 0.331 e. The quantitative estimate of drug-likeness (QED) is 0.862. The van der Waals surface area contributed by atoms with Crippen LogP contribution in [-0.2, 0) is 24.3 Å². The highest BCUT2D eigenvalue weighted by molar-refractivity contribution is 7.14. The van der Waals surface area contributed by atoms with E-state index in [0.717, 1.165) is 36.9 Å². The molecule has 0 radical (unpaired) electrons. The van der Waals surface area contributed by atoms with Gasteiger partial charge in [-0.15, -0.1) is 11.3 Å². The molecule has 3 heterocycles. The summed E-state index contributed by atoms with van der Waals surface area (Å²) in [5.41, 5.74) is 3.68. The molecule has 0 unspecified atom stereocenters. The molecular formula is C16H21N5OS. The Kier molecular flexibility index (Phi) is 3.69. The number of imidazole rings is 1. The molecule has 0 bridgehead atoms. The number of fused-ring (bicyclic) bond motifs is 1. The number of amides is 1. The molecule has 1 fully saturated rings. The number of carbonyl (C=O) groups is 1. The van der Waals surface area contributed by atoms with Crippen LogP contribution < -0.4 is 4.90 Å². The number of aromatic nitrogens is 3. The van der Waals surface area contributed by atoms with Crippen molar-refractivity contribution in [2.45, 2.75) is 45.3 Å². The molecular weight excluding hydrogens is 310 g/mol. The van der Waals surface area contributed by atoms with Gasteiger partial charge in [0.1, 0.15) is 0 Å². The second-order valence-corrected chi connectivity index (χ2v) is 7.27. The third-order valence-corrected chi connectivity index (χ3v) is 5.61. The van der Waals surface area contributed by atoms with Crippen molar-refractivity contribution < 1.29 is 4.79 Å². The summed E-state index contributed by atoms with van der Waals surface area (Å²) in [5, 5.41) is 2.82. The van der Waals surface area contributed by atoms with Gasteiger partial charge in [0, 0.05) is 57.1 Å². The second kappa shape index (κ2) is 5.72. The van der Waals surface area contributed by atoms with Crippen molar-refractivity contribution in [2.75, 3.05) is 18.5 Å². The van der Waals surface area contributed by atoms with Crippen LogP contribution in [0.5, 0.6) is 0 Å². The topological polar surface area (TPSA) is 54.3 Å². The van der Waals surface area contributed by atoms with Crippen molar-refractivity contribution in [3.8, 4) is 0 Å². The number of rotatable bonds is 4. The molecule has 0 saturated heterocycles. The van der Waals surface area contributed by atoms with E-state index in [9.17, 15) is 4.79 Å². The molecule has 0 atom stereocenters. The molecule has 2 aromatic heterocycles. The Hall–Kier alpha value is -1.73. The van der Waals surface area contributed by atoms with Crippen molar-refractivity contribution >= 4 is 22.4 Å².